The summed E-state index contributed by atoms with van der Waals surface area (Å²) in [6, 6.07) is 4.90. The second-order valence-corrected chi connectivity index (χ2v) is 5.72. The van der Waals surface area contributed by atoms with E-state index in [2.05, 4.69) is 34.7 Å². The Kier molecular flexibility index (Phi) is 6.14. The number of rotatable bonds is 7. The minimum Gasteiger partial charge on any atom is -0.379 e. The van der Waals surface area contributed by atoms with E-state index in [9.17, 15) is 0 Å². The Bertz CT molecular complexity index is 310. The fourth-order valence-corrected chi connectivity index (χ4v) is 3.23. The first kappa shape index (κ1) is 14.0. The fraction of sp³-hybridized carbons (Fsp3) is 0.714. The summed E-state index contributed by atoms with van der Waals surface area (Å²) in [4.78, 5) is 3.96. The van der Waals surface area contributed by atoms with Crippen molar-refractivity contribution in [1.29, 1.82) is 0 Å². The first-order chi connectivity index (χ1) is 8.90. The molecular formula is C14H24N2OS. The van der Waals surface area contributed by atoms with Crippen molar-refractivity contribution in [3.05, 3.63) is 22.4 Å². The van der Waals surface area contributed by atoms with E-state index in [0.717, 1.165) is 39.3 Å². The van der Waals surface area contributed by atoms with E-state index in [4.69, 9.17) is 4.74 Å². The van der Waals surface area contributed by atoms with Crippen molar-refractivity contribution in [1.82, 2.24) is 10.2 Å². The van der Waals surface area contributed by atoms with Gasteiger partial charge in [-0.25, -0.2) is 0 Å². The lowest BCUT2D eigenvalue weighted by Gasteiger charge is -2.26. The lowest BCUT2D eigenvalue weighted by atomic mass is 10.2. The van der Waals surface area contributed by atoms with Crippen molar-refractivity contribution < 1.29 is 4.74 Å². The molecule has 1 fully saturated rings. The molecule has 1 N–H and O–H groups in total. The summed E-state index contributed by atoms with van der Waals surface area (Å²) in [6.07, 6.45) is 2.39. The van der Waals surface area contributed by atoms with Crippen molar-refractivity contribution in [3.8, 4) is 0 Å². The van der Waals surface area contributed by atoms with Gasteiger partial charge >= 0.3 is 0 Å². The maximum atomic E-state index is 5.35. The van der Waals surface area contributed by atoms with E-state index in [1.165, 1.54) is 17.8 Å². The lowest BCUT2D eigenvalue weighted by Crippen LogP contribution is -2.37. The summed E-state index contributed by atoms with van der Waals surface area (Å²) in [5, 5.41) is 5.82. The standard InChI is InChI=1S/C14H24N2OS/c1-2-13(14-5-3-12-18-14)15-6-4-7-16-8-10-17-11-9-16/h3,5,12-13,15H,2,4,6-11H2,1H3. The molecule has 2 heterocycles. The summed E-state index contributed by atoms with van der Waals surface area (Å²) >= 11 is 1.85. The number of hydrogen-bond acceptors (Lipinski definition) is 4. The molecule has 0 radical (unpaired) electrons. The number of ether oxygens (including phenoxy) is 1. The molecule has 1 aromatic heterocycles. The summed E-state index contributed by atoms with van der Waals surface area (Å²) in [5.41, 5.74) is 0. The van der Waals surface area contributed by atoms with Gasteiger partial charge in [-0.3, -0.25) is 4.90 Å². The third-order valence-corrected chi connectivity index (χ3v) is 4.43. The van der Waals surface area contributed by atoms with Crippen molar-refractivity contribution in [2.75, 3.05) is 39.4 Å². The topological polar surface area (TPSA) is 24.5 Å². The quantitative estimate of drug-likeness (QED) is 0.769. The average molecular weight is 268 g/mol. The minimum atomic E-state index is 0.537. The van der Waals surface area contributed by atoms with Gasteiger partial charge in [0.15, 0.2) is 0 Å². The molecule has 1 aromatic rings. The van der Waals surface area contributed by atoms with Crippen LogP contribution in [0.3, 0.4) is 0 Å². The van der Waals surface area contributed by atoms with Crippen LogP contribution in [-0.4, -0.2) is 44.3 Å². The monoisotopic (exact) mass is 268 g/mol. The van der Waals surface area contributed by atoms with Crippen LogP contribution < -0.4 is 5.32 Å². The summed E-state index contributed by atoms with van der Waals surface area (Å²) < 4.78 is 5.35. The van der Waals surface area contributed by atoms with Crippen LogP contribution in [0.2, 0.25) is 0 Å². The van der Waals surface area contributed by atoms with E-state index in [0.29, 0.717) is 6.04 Å². The Balaban J connectivity index is 1.61. The molecule has 3 nitrogen and oxygen atoms in total. The smallest absolute Gasteiger partial charge is 0.0594 e. The highest BCUT2D eigenvalue weighted by molar-refractivity contribution is 7.10. The number of thiophene rings is 1. The van der Waals surface area contributed by atoms with Gasteiger partial charge in [-0.2, -0.15) is 0 Å². The number of nitrogens with zero attached hydrogens (tertiary/aromatic N) is 1. The maximum absolute atomic E-state index is 5.35. The molecule has 4 heteroatoms. The summed E-state index contributed by atoms with van der Waals surface area (Å²) in [5.74, 6) is 0. The molecule has 0 bridgehead atoms. The molecule has 2 rings (SSSR count). The Hall–Kier alpha value is -0.420. The highest BCUT2D eigenvalue weighted by atomic mass is 32.1. The Labute approximate surface area is 114 Å². The molecule has 1 aliphatic rings. The van der Waals surface area contributed by atoms with E-state index in [-0.39, 0.29) is 0 Å². The zero-order valence-corrected chi connectivity index (χ0v) is 12.0. The van der Waals surface area contributed by atoms with Crippen LogP contribution in [0, 0.1) is 0 Å². The minimum absolute atomic E-state index is 0.537. The van der Waals surface area contributed by atoms with Gasteiger partial charge in [0.25, 0.3) is 0 Å². The van der Waals surface area contributed by atoms with Gasteiger partial charge in [-0.1, -0.05) is 13.0 Å². The van der Waals surface area contributed by atoms with Crippen LogP contribution in [0.1, 0.15) is 30.7 Å². The molecule has 0 aliphatic carbocycles. The van der Waals surface area contributed by atoms with Gasteiger partial charge < -0.3 is 10.1 Å². The predicted octanol–water partition coefficient (Wildman–Crippen LogP) is 2.51. The van der Waals surface area contributed by atoms with Gasteiger partial charge in [-0.05, 0) is 37.4 Å². The lowest BCUT2D eigenvalue weighted by molar-refractivity contribution is 0.0374. The Morgan fingerprint density at radius 2 is 2.28 bits per heavy atom. The van der Waals surface area contributed by atoms with Crippen LogP contribution in [0.5, 0.6) is 0 Å². The SMILES string of the molecule is CCC(NCCCN1CCOCC1)c1cccs1. The summed E-state index contributed by atoms with van der Waals surface area (Å²) in [7, 11) is 0. The van der Waals surface area contributed by atoms with Gasteiger partial charge in [0.1, 0.15) is 0 Å². The molecule has 18 heavy (non-hydrogen) atoms. The van der Waals surface area contributed by atoms with Crippen molar-refractivity contribution >= 4 is 11.3 Å². The third-order valence-electron chi connectivity index (χ3n) is 3.44. The zero-order chi connectivity index (χ0) is 12.6. The highest BCUT2D eigenvalue weighted by Crippen LogP contribution is 2.21. The summed E-state index contributed by atoms with van der Waals surface area (Å²) in [6.45, 7) is 8.55. The molecule has 1 atom stereocenters. The molecule has 0 saturated carbocycles. The van der Waals surface area contributed by atoms with Gasteiger partial charge in [0, 0.05) is 24.0 Å². The molecule has 102 valence electrons. The molecule has 0 amide bonds. The van der Waals surface area contributed by atoms with Crippen LogP contribution in [-0.2, 0) is 4.74 Å². The normalized spacial score (nSPS) is 18.9. The molecule has 1 unspecified atom stereocenters. The maximum Gasteiger partial charge on any atom is 0.0594 e. The van der Waals surface area contributed by atoms with E-state index in [1.54, 1.807) is 0 Å². The Morgan fingerprint density at radius 3 is 2.94 bits per heavy atom. The number of hydrogen-bond donors (Lipinski definition) is 1. The van der Waals surface area contributed by atoms with Gasteiger partial charge in [-0.15, -0.1) is 11.3 Å². The van der Waals surface area contributed by atoms with E-state index in [1.807, 2.05) is 11.3 Å². The predicted molar refractivity (Wildman–Crippen MR) is 77.2 cm³/mol. The largest absolute Gasteiger partial charge is 0.379 e. The third kappa shape index (κ3) is 4.35. The fourth-order valence-electron chi connectivity index (χ4n) is 2.34. The van der Waals surface area contributed by atoms with Crippen molar-refractivity contribution in [2.24, 2.45) is 0 Å². The molecule has 0 aromatic carbocycles. The first-order valence-electron chi connectivity index (χ1n) is 6.97. The van der Waals surface area contributed by atoms with E-state index < -0.39 is 0 Å². The average Bonchev–Trinajstić information content (AvgIpc) is 2.94. The molecule has 1 saturated heterocycles. The van der Waals surface area contributed by atoms with Gasteiger partial charge in [0.2, 0.25) is 0 Å². The zero-order valence-electron chi connectivity index (χ0n) is 11.2. The number of morpholine rings is 1. The first-order valence-corrected chi connectivity index (χ1v) is 7.85. The Morgan fingerprint density at radius 1 is 1.44 bits per heavy atom. The molecule has 0 spiro atoms. The second kappa shape index (κ2) is 7.89. The molecule has 1 aliphatic heterocycles. The van der Waals surface area contributed by atoms with Crippen LogP contribution in [0.25, 0.3) is 0 Å². The number of nitrogens with one attached hydrogen (secondary N) is 1. The highest BCUT2D eigenvalue weighted by Gasteiger charge is 2.11. The molecular weight excluding hydrogens is 244 g/mol. The van der Waals surface area contributed by atoms with Crippen molar-refractivity contribution in [2.45, 2.75) is 25.8 Å². The van der Waals surface area contributed by atoms with Crippen LogP contribution in [0.4, 0.5) is 0 Å². The van der Waals surface area contributed by atoms with Crippen LogP contribution in [0.15, 0.2) is 17.5 Å². The van der Waals surface area contributed by atoms with Crippen molar-refractivity contribution in [3.63, 3.8) is 0 Å². The van der Waals surface area contributed by atoms with Gasteiger partial charge in [0.05, 0.1) is 13.2 Å². The second-order valence-electron chi connectivity index (χ2n) is 4.74. The van der Waals surface area contributed by atoms with Crippen LogP contribution >= 0.6 is 11.3 Å². The van der Waals surface area contributed by atoms with E-state index >= 15 is 0 Å².